The van der Waals surface area contributed by atoms with Crippen molar-refractivity contribution in [2.75, 3.05) is 13.2 Å². The maximum Gasteiger partial charge on any atom is 0.223 e. The molecule has 0 saturated carbocycles. The average molecular weight is 211 g/mol. The Bertz CT molecular complexity index is 313. The maximum atomic E-state index is 5.46. The Hall–Kier alpha value is -0.940. The van der Waals surface area contributed by atoms with Crippen LogP contribution in [0, 0.1) is 6.92 Å². The first-order chi connectivity index (χ1) is 7.25. The van der Waals surface area contributed by atoms with Crippen molar-refractivity contribution in [3.8, 4) is 0 Å². The van der Waals surface area contributed by atoms with E-state index in [0.29, 0.717) is 18.0 Å². The SMILES string of the molecule is Cc1nc(CCNC2CCOC2C)no1. The quantitative estimate of drug-likeness (QED) is 0.794. The second-order valence-electron chi connectivity index (χ2n) is 3.90. The highest BCUT2D eigenvalue weighted by Crippen LogP contribution is 2.12. The van der Waals surface area contributed by atoms with Crippen LogP contribution in [0.3, 0.4) is 0 Å². The highest BCUT2D eigenvalue weighted by atomic mass is 16.5. The fourth-order valence-corrected chi connectivity index (χ4v) is 1.81. The van der Waals surface area contributed by atoms with Crippen molar-refractivity contribution in [2.24, 2.45) is 0 Å². The minimum Gasteiger partial charge on any atom is -0.377 e. The van der Waals surface area contributed by atoms with Crippen LogP contribution in [0.15, 0.2) is 4.52 Å². The molecule has 1 aromatic rings. The summed E-state index contributed by atoms with van der Waals surface area (Å²) in [5, 5.41) is 7.28. The molecule has 2 heterocycles. The van der Waals surface area contributed by atoms with Crippen LogP contribution < -0.4 is 5.32 Å². The molecule has 5 nitrogen and oxygen atoms in total. The smallest absolute Gasteiger partial charge is 0.223 e. The average Bonchev–Trinajstić information content (AvgIpc) is 2.77. The van der Waals surface area contributed by atoms with Crippen molar-refractivity contribution in [1.82, 2.24) is 15.5 Å². The van der Waals surface area contributed by atoms with Gasteiger partial charge in [-0.2, -0.15) is 4.98 Å². The third kappa shape index (κ3) is 2.76. The van der Waals surface area contributed by atoms with Crippen LogP contribution in [-0.4, -0.2) is 35.4 Å². The zero-order valence-corrected chi connectivity index (χ0v) is 9.19. The molecule has 0 radical (unpaired) electrons. The number of hydrogen-bond donors (Lipinski definition) is 1. The van der Waals surface area contributed by atoms with Gasteiger partial charge in [0.15, 0.2) is 5.82 Å². The summed E-state index contributed by atoms with van der Waals surface area (Å²) in [6.07, 6.45) is 2.21. The molecule has 2 atom stereocenters. The molecule has 2 rings (SSSR count). The van der Waals surface area contributed by atoms with E-state index in [1.165, 1.54) is 0 Å². The fraction of sp³-hybridized carbons (Fsp3) is 0.800. The Morgan fingerprint density at radius 2 is 2.40 bits per heavy atom. The highest BCUT2D eigenvalue weighted by molar-refractivity contribution is 4.86. The summed E-state index contributed by atoms with van der Waals surface area (Å²) in [6, 6.07) is 0.470. The second-order valence-corrected chi connectivity index (χ2v) is 3.90. The molecule has 0 aromatic carbocycles. The van der Waals surface area contributed by atoms with Crippen LogP contribution >= 0.6 is 0 Å². The minimum absolute atomic E-state index is 0.317. The van der Waals surface area contributed by atoms with Gasteiger partial charge in [-0.1, -0.05) is 5.16 Å². The summed E-state index contributed by atoms with van der Waals surface area (Å²) in [4.78, 5) is 4.14. The van der Waals surface area contributed by atoms with Crippen LogP contribution in [-0.2, 0) is 11.2 Å². The number of aromatic nitrogens is 2. The summed E-state index contributed by atoms with van der Waals surface area (Å²) < 4.78 is 10.4. The van der Waals surface area contributed by atoms with Gasteiger partial charge in [-0.05, 0) is 13.3 Å². The third-order valence-corrected chi connectivity index (χ3v) is 2.70. The van der Waals surface area contributed by atoms with Gasteiger partial charge in [0.25, 0.3) is 0 Å². The summed E-state index contributed by atoms with van der Waals surface area (Å²) >= 11 is 0. The highest BCUT2D eigenvalue weighted by Gasteiger charge is 2.23. The number of nitrogens with one attached hydrogen (secondary N) is 1. The first-order valence-electron chi connectivity index (χ1n) is 5.40. The van der Waals surface area contributed by atoms with Crippen molar-refractivity contribution in [1.29, 1.82) is 0 Å². The van der Waals surface area contributed by atoms with Crippen LogP contribution in [0.1, 0.15) is 25.1 Å². The van der Waals surface area contributed by atoms with E-state index in [4.69, 9.17) is 9.26 Å². The van der Waals surface area contributed by atoms with Gasteiger partial charge >= 0.3 is 0 Å². The number of nitrogens with zero attached hydrogens (tertiary/aromatic N) is 2. The molecule has 0 spiro atoms. The lowest BCUT2D eigenvalue weighted by atomic mass is 10.1. The van der Waals surface area contributed by atoms with Crippen LogP contribution in [0.25, 0.3) is 0 Å². The molecule has 0 amide bonds. The van der Waals surface area contributed by atoms with E-state index in [1.807, 2.05) is 0 Å². The predicted octanol–water partition coefficient (Wildman–Crippen LogP) is 0.688. The Morgan fingerprint density at radius 3 is 3.00 bits per heavy atom. The van der Waals surface area contributed by atoms with Crippen molar-refractivity contribution in [3.05, 3.63) is 11.7 Å². The summed E-state index contributed by atoms with van der Waals surface area (Å²) in [5.41, 5.74) is 0. The molecular weight excluding hydrogens is 194 g/mol. The Morgan fingerprint density at radius 1 is 1.53 bits per heavy atom. The van der Waals surface area contributed by atoms with Gasteiger partial charge in [-0.15, -0.1) is 0 Å². The minimum atomic E-state index is 0.317. The zero-order chi connectivity index (χ0) is 10.7. The lowest BCUT2D eigenvalue weighted by molar-refractivity contribution is 0.113. The van der Waals surface area contributed by atoms with Crippen LogP contribution in [0.4, 0.5) is 0 Å². The lowest BCUT2D eigenvalue weighted by Gasteiger charge is -2.14. The second kappa shape index (κ2) is 4.72. The molecule has 1 saturated heterocycles. The van der Waals surface area contributed by atoms with E-state index in [-0.39, 0.29) is 0 Å². The van der Waals surface area contributed by atoms with Crippen molar-refractivity contribution >= 4 is 0 Å². The van der Waals surface area contributed by atoms with E-state index in [2.05, 4.69) is 22.4 Å². The lowest BCUT2D eigenvalue weighted by Crippen LogP contribution is -2.36. The molecular formula is C10H17N3O2. The van der Waals surface area contributed by atoms with Gasteiger partial charge < -0.3 is 14.6 Å². The molecule has 84 valence electrons. The molecule has 1 N–H and O–H groups in total. The topological polar surface area (TPSA) is 60.2 Å². The largest absolute Gasteiger partial charge is 0.377 e. The Labute approximate surface area is 89.2 Å². The number of hydrogen-bond acceptors (Lipinski definition) is 5. The molecule has 1 aromatic heterocycles. The summed E-state index contributed by atoms with van der Waals surface area (Å²) in [5.74, 6) is 1.40. The van der Waals surface area contributed by atoms with Crippen LogP contribution in [0.2, 0.25) is 0 Å². The number of ether oxygens (including phenoxy) is 1. The fourth-order valence-electron chi connectivity index (χ4n) is 1.81. The molecule has 0 aliphatic carbocycles. The van der Waals surface area contributed by atoms with Gasteiger partial charge in [0.2, 0.25) is 5.89 Å². The molecule has 1 fully saturated rings. The molecule has 5 heteroatoms. The summed E-state index contributed by atoms with van der Waals surface area (Å²) in [6.45, 7) is 5.64. The van der Waals surface area contributed by atoms with Crippen molar-refractivity contribution in [3.63, 3.8) is 0 Å². The first-order valence-corrected chi connectivity index (χ1v) is 5.40. The van der Waals surface area contributed by atoms with Gasteiger partial charge in [0.05, 0.1) is 6.10 Å². The molecule has 1 aliphatic heterocycles. The summed E-state index contributed by atoms with van der Waals surface area (Å²) in [7, 11) is 0. The van der Waals surface area contributed by atoms with E-state index in [1.54, 1.807) is 6.92 Å². The van der Waals surface area contributed by atoms with E-state index in [9.17, 15) is 0 Å². The number of rotatable bonds is 4. The molecule has 0 bridgehead atoms. The zero-order valence-electron chi connectivity index (χ0n) is 9.19. The first kappa shape index (κ1) is 10.6. The molecule has 1 aliphatic rings. The van der Waals surface area contributed by atoms with E-state index < -0.39 is 0 Å². The van der Waals surface area contributed by atoms with Crippen LogP contribution in [0.5, 0.6) is 0 Å². The molecule has 15 heavy (non-hydrogen) atoms. The third-order valence-electron chi connectivity index (χ3n) is 2.70. The standard InChI is InChI=1S/C10H17N3O2/c1-7-9(4-6-14-7)11-5-3-10-12-8(2)15-13-10/h7,9,11H,3-6H2,1-2H3. The van der Waals surface area contributed by atoms with E-state index >= 15 is 0 Å². The van der Waals surface area contributed by atoms with Crippen molar-refractivity contribution in [2.45, 2.75) is 38.8 Å². The maximum absolute atomic E-state index is 5.46. The van der Waals surface area contributed by atoms with E-state index in [0.717, 1.165) is 31.8 Å². The Kier molecular flexibility index (Phi) is 3.33. The molecule has 2 unspecified atom stereocenters. The predicted molar refractivity (Wildman–Crippen MR) is 54.6 cm³/mol. The van der Waals surface area contributed by atoms with Gasteiger partial charge in [0.1, 0.15) is 0 Å². The number of aryl methyl sites for hydroxylation is 1. The Balaban J connectivity index is 1.70. The van der Waals surface area contributed by atoms with Gasteiger partial charge in [-0.25, -0.2) is 0 Å². The van der Waals surface area contributed by atoms with Gasteiger partial charge in [0, 0.05) is 32.5 Å². The normalized spacial score (nSPS) is 26.0. The van der Waals surface area contributed by atoms with Gasteiger partial charge in [-0.3, -0.25) is 0 Å². The monoisotopic (exact) mass is 211 g/mol. The van der Waals surface area contributed by atoms with Crippen molar-refractivity contribution < 1.29 is 9.26 Å².